The average Bonchev–Trinajstić information content (AvgIpc) is 2.16. The van der Waals surface area contributed by atoms with Gasteiger partial charge in [0.05, 0.1) is 0 Å². The Morgan fingerprint density at radius 3 is 3.07 bits per heavy atom. The largest absolute Gasteiger partial charge is 0.480 e. The molecule has 0 fully saturated rings. The fraction of sp³-hybridized carbons (Fsp3) is 0.300. The number of carboxylic acids is 1. The Balaban J connectivity index is 2.44. The van der Waals surface area contributed by atoms with Gasteiger partial charge in [-0.25, -0.2) is 0 Å². The van der Waals surface area contributed by atoms with Crippen LogP contribution in [0.15, 0.2) is 18.2 Å². The van der Waals surface area contributed by atoms with Crippen molar-refractivity contribution < 1.29 is 9.90 Å². The van der Waals surface area contributed by atoms with Gasteiger partial charge < -0.3 is 10.4 Å². The number of aliphatic carboxylic acids is 1. The highest BCUT2D eigenvalue weighted by Gasteiger charge is 2.25. The van der Waals surface area contributed by atoms with Gasteiger partial charge in [-0.2, -0.15) is 0 Å². The van der Waals surface area contributed by atoms with E-state index >= 15 is 0 Å². The average molecular weight is 212 g/mol. The van der Waals surface area contributed by atoms with E-state index in [1.54, 1.807) is 12.1 Å². The normalized spacial score (nSPS) is 20.2. The molecule has 1 aliphatic rings. The first-order valence-electron chi connectivity index (χ1n) is 4.43. The Morgan fingerprint density at radius 2 is 2.36 bits per heavy atom. The quantitative estimate of drug-likeness (QED) is 0.742. The Bertz CT molecular complexity index is 378. The third-order valence-electron chi connectivity index (χ3n) is 2.41. The summed E-state index contributed by atoms with van der Waals surface area (Å²) in [6.07, 6.45) is 0.833. The molecule has 74 valence electrons. The lowest BCUT2D eigenvalue weighted by atomic mass is 9.94. The maximum atomic E-state index is 10.9. The predicted molar refractivity (Wildman–Crippen MR) is 53.5 cm³/mol. The van der Waals surface area contributed by atoms with E-state index < -0.39 is 12.0 Å². The van der Waals surface area contributed by atoms with Gasteiger partial charge in [0.15, 0.2) is 0 Å². The van der Waals surface area contributed by atoms with Crippen LogP contribution in [0.2, 0.25) is 5.02 Å². The summed E-state index contributed by atoms with van der Waals surface area (Å²) in [5.74, 6) is -0.840. The number of carbonyl (C=O) groups is 1. The molecule has 1 atom stereocenters. The van der Waals surface area contributed by atoms with Crippen LogP contribution < -0.4 is 5.32 Å². The van der Waals surface area contributed by atoms with Crippen LogP contribution in [0.4, 0.5) is 0 Å². The minimum absolute atomic E-state index is 0.587. The minimum Gasteiger partial charge on any atom is -0.480 e. The highest BCUT2D eigenvalue weighted by atomic mass is 35.5. The van der Waals surface area contributed by atoms with Gasteiger partial charge in [-0.3, -0.25) is 4.79 Å². The molecule has 0 spiro atoms. The number of fused-ring (bicyclic) bond motifs is 1. The second-order valence-electron chi connectivity index (χ2n) is 3.32. The van der Waals surface area contributed by atoms with Crippen molar-refractivity contribution in [3.8, 4) is 0 Å². The molecule has 4 heteroatoms. The molecule has 2 rings (SSSR count). The van der Waals surface area contributed by atoms with E-state index in [9.17, 15) is 4.79 Å². The van der Waals surface area contributed by atoms with Gasteiger partial charge in [0.2, 0.25) is 0 Å². The highest BCUT2D eigenvalue weighted by Crippen LogP contribution is 2.25. The molecule has 0 saturated heterocycles. The van der Waals surface area contributed by atoms with Crippen molar-refractivity contribution >= 4 is 17.6 Å². The monoisotopic (exact) mass is 211 g/mol. The molecule has 0 bridgehead atoms. The third kappa shape index (κ3) is 1.61. The van der Waals surface area contributed by atoms with E-state index in [1.807, 2.05) is 6.07 Å². The number of rotatable bonds is 1. The van der Waals surface area contributed by atoms with E-state index in [1.165, 1.54) is 0 Å². The molecule has 1 aliphatic heterocycles. The minimum atomic E-state index is -0.840. The first kappa shape index (κ1) is 9.49. The summed E-state index contributed by atoms with van der Waals surface area (Å²) in [4.78, 5) is 10.9. The fourth-order valence-corrected chi connectivity index (χ4v) is 1.95. The summed E-state index contributed by atoms with van der Waals surface area (Å²) in [5, 5.41) is 12.6. The lowest BCUT2D eigenvalue weighted by Gasteiger charge is -2.23. The summed E-state index contributed by atoms with van der Waals surface area (Å²) in [6, 6.07) is 4.76. The van der Waals surface area contributed by atoms with E-state index in [2.05, 4.69) is 5.32 Å². The molecule has 3 nitrogen and oxygen atoms in total. The zero-order chi connectivity index (χ0) is 10.1. The topological polar surface area (TPSA) is 49.3 Å². The van der Waals surface area contributed by atoms with Crippen molar-refractivity contribution in [1.29, 1.82) is 0 Å². The Hall–Kier alpha value is -1.06. The number of nitrogens with one attached hydrogen (secondary N) is 1. The first-order valence-corrected chi connectivity index (χ1v) is 4.81. The standard InChI is InChI=1S/C10H10ClNO2/c11-7-1-2-8-6(5-7)3-4-12-9(8)10(13)14/h1-2,5,9,12H,3-4H2,(H,13,14)/t9-/m1/s1. The SMILES string of the molecule is O=C(O)[C@@H]1NCCc2cc(Cl)ccc21. The summed E-state index contributed by atoms with van der Waals surface area (Å²) in [5.41, 5.74) is 1.86. The molecule has 1 heterocycles. The molecule has 14 heavy (non-hydrogen) atoms. The van der Waals surface area contributed by atoms with Gasteiger partial charge >= 0.3 is 5.97 Å². The van der Waals surface area contributed by atoms with Crippen LogP contribution in [-0.2, 0) is 11.2 Å². The summed E-state index contributed by atoms with van der Waals surface area (Å²) < 4.78 is 0. The summed E-state index contributed by atoms with van der Waals surface area (Å²) in [6.45, 7) is 0.685. The van der Waals surface area contributed by atoms with Crippen LogP contribution >= 0.6 is 11.6 Å². The third-order valence-corrected chi connectivity index (χ3v) is 2.64. The van der Waals surface area contributed by atoms with Crippen molar-refractivity contribution in [2.45, 2.75) is 12.5 Å². The summed E-state index contributed by atoms with van der Waals surface area (Å²) in [7, 11) is 0. The van der Waals surface area contributed by atoms with Gasteiger partial charge in [0, 0.05) is 11.6 Å². The molecule has 2 N–H and O–H groups in total. The predicted octanol–water partition coefficient (Wildman–Crippen LogP) is 1.61. The molecule has 0 amide bonds. The van der Waals surface area contributed by atoms with Gasteiger partial charge in [-0.1, -0.05) is 17.7 Å². The van der Waals surface area contributed by atoms with Crippen molar-refractivity contribution in [2.75, 3.05) is 6.54 Å². The second-order valence-corrected chi connectivity index (χ2v) is 3.75. The van der Waals surface area contributed by atoms with Crippen LogP contribution in [0.3, 0.4) is 0 Å². The Labute approximate surface area is 86.7 Å². The Kier molecular flexibility index (Phi) is 2.44. The molecular formula is C10H10ClNO2. The van der Waals surface area contributed by atoms with Crippen molar-refractivity contribution in [2.24, 2.45) is 0 Å². The Morgan fingerprint density at radius 1 is 1.57 bits per heavy atom. The fourth-order valence-electron chi connectivity index (χ4n) is 1.75. The lowest BCUT2D eigenvalue weighted by Crippen LogP contribution is -2.34. The maximum Gasteiger partial charge on any atom is 0.325 e. The number of benzene rings is 1. The molecule has 0 aromatic heterocycles. The lowest BCUT2D eigenvalue weighted by molar-refractivity contribution is -0.139. The maximum absolute atomic E-state index is 10.9. The first-order chi connectivity index (χ1) is 6.68. The highest BCUT2D eigenvalue weighted by molar-refractivity contribution is 6.30. The van der Waals surface area contributed by atoms with E-state index in [4.69, 9.17) is 16.7 Å². The van der Waals surface area contributed by atoms with Crippen molar-refractivity contribution in [1.82, 2.24) is 5.32 Å². The van der Waals surface area contributed by atoms with Crippen LogP contribution in [0.25, 0.3) is 0 Å². The van der Waals surface area contributed by atoms with Gasteiger partial charge in [0.1, 0.15) is 6.04 Å². The number of carboxylic acid groups (broad SMARTS) is 1. The van der Waals surface area contributed by atoms with Crippen LogP contribution in [0.5, 0.6) is 0 Å². The molecule has 0 aliphatic carbocycles. The van der Waals surface area contributed by atoms with E-state index in [0.717, 1.165) is 17.5 Å². The zero-order valence-electron chi connectivity index (χ0n) is 7.46. The van der Waals surface area contributed by atoms with Gasteiger partial charge in [-0.15, -0.1) is 0 Å². The number of hydrogen-bond acceptors (Lipinski definition) is 2. The van der Waals surface area contributed by atoms with Crippen molar-refractivity contribution in [3.63, 3.8) is 0 Å². The second kappa shape index (κ2) is 3.59. The molecular weight excluding hydrogens is 202 g/mol. The molecule has 0 radical (unpaired) electrons. The molecule has 0 saturated carbocycles. The van der Waals surface area contributed by atoms with Crippen molar-refractivity contribution in [3.05, 3.63) is 34.3 Å². The van der Waals surface area contributed by atoms with Crippen LogP contribution in [-0.4, -0.2) is 17.6 Å². The van der Waals surface area contributed by atoms with Crippen LogP contribution in [0.1, 0.15) is 17.2 Å². The van der Waals surface area contributed by atoms with E-state index in [-0.39, 0.29) is 0 Å². The smallest absolute Gasteiger partial charge is 0.325 e. The number of halogens is 1. The van der Waals surface area contributed by atoms with Gasteiger partial charge in [0.25, 0.3) is 0 Å². The van der Waals surface area contributed by atoms with Crippen LogP contribution in [0, 0.1) is 0 Å². The zero-order valence-corrected chi connectivity index (χ0v) is 8.21. The van der Waals surface area contributed by atoms with E-state index in [0.29, 0.717) is 11.6 Å². The summed E-state index contributed by atoms with van der Waals surface area (Å²) >= 11 is 5.84. The molecule has 0 unspecified atom stereocenters. The number of hydrogen-bond donors (Lipinski definition) is 2. The molecule has 1 aromatic rings. The molecule has 1 aromatic carbocycles. The van der Waals surface area contributed by atoms with Gasteiger partial charge in [-0.05, 0) is 29.7 Å².